The molecule has 0 bridgehead atoms. The molecule has 3 rings (SSSR count). The maximum absolute atomic E-state index is 13.0. The number of anilines is 1. The van der Waals surface area contributed by atoms with Gasteiger partial charge < -0.3 is 14.8 Å². The molecule has 7 nitrogen and oxygen atoms in total. The Balaban J connectivity index is 1.75. The summed E-state index contributed by atoms with van der Waals surface area (Å²) in [5.41, 5.74) is 1.93. The van der Waals surface area contributed by atoms with Crippen molar-refractivity contribution in [2.45, 2.75) is 31.2 Å². The van der Waals surface area contributed by atoms with E-state index in [0.717, 1.165) is 11.3 Å². The summed E-state index contributed by atoms with van der Waals surface area (Å²) < 4.78 is 38.1. The number of ether oxygens (including phenoxy) is 2. The fraction of sp³-hybridized carbons (Fsp3) is 0.381. The lowest BCUT2D eigenvalue weighted by Gasteiger charge is -2.33. The van der Waals surface area contributed by atoms with Crippen molar-refractivity contribution in [2.75, 3.05) is 32.2 Å². The second-order valence-electron chi connectivity index (χ2n) is 6.92. The monoisotopic (exact) mass is 418 g/mol. The number of aryl methyl sites for hydroxylation is 1. The molecule has 1 N–H and O–H groups in total. The van der Waals surface area contributed by atoms with E-state index < -0.39 is 10.0 Å². The van der Waals surface area contributed by atoms with E-state index in [2.05, 4.69) is 5.32 Å². The Morgan fingerprint density at radius 2 is 1.97 bits per heavy atom. The van der Waals surface area contributed by atoms with Gasteiger partial charge in [0.2, 0.25) is 10.0 Å². The largest absolute Gasteiger partial charge is 0.496 e. The minimum atomic E-state index is -3.63. The molecule has 1 aliphatic rings. The fourth-order valence-electron chi connectivity index (χ4n) is 3.35. The molecule has 0 spiro atoms. The number of methoxy groups -OCH3 is 1. The van der Waals surface area contributed by atoms with E-state index in [0.29, 0.717) is 37.4 Å². The zero-order chi connectivity index (χ0) is 21.0. The van der Waals surface area contributed by atoms with Crippen LogP contribution in [0.3, 0.4) is 0 Å². The number of hydrogen-bond acceptors (Lipinski definition) is 5. The molecule has 1 heterocycles. The normalized spacial score (nSPS) is 17.7. The van der Waals surface area contributed by atoms with Crippen LogP contribution < -0.4 is 10.1 Å². The zero-order valence-corrected chi connectivity index (χ0v) is 17.7. The molecule has 2 aromatic rings. The van der Waals surface area contributed by atoms with Crippen LogP contribution >= 0.6 is 0 Å². The van der Waals surface area contributed by atoms with E-state index in [9.17, 15) is 13.2 Å². The Morgan fingerprint density at radius 3 is 2.59 bits per heavy atom. The Labute approximate surface area is 171 Å². The van der Waals surface area contributed by atoms with E-state index in [1.54, 1.807) is 19.2 Å². The molecule has 29 heavy (non-hydrogen) atoms. The van der Waals surface area contributed by atoms with Gasteiger partial charge in [-0.2, -0.15) is 4.31 Å². The number of rotatable bonds is 6. The fourth-order valence-corrected chi connectivity index (χ4v) is 5.02. The number of hydrogen-bond donors (Lipinski definition) is 1. The highest BCUT2D eigenvalue weighted by molar-refractivity contribution is 7.89. The lowest BCUT2D eigenvalue weighted by molar-refractivity contribution is 0.0314. The quantitative estimate of drug-likeness (QED) is 0.779. The minimum absolute atomic E-state index is 0.171. The van der Waals surface area contributed by atoms with Gasteiger partial charge in [0.25, 0.3) is 5.91 Å². The number of nitrogens with zero attached hydrogens (tertiary/aromatic N) is 1. The number of sulfonamides is 1. The van der Waals surface area contributed by atoms with Gasteiger partial charge in [0.15, 0.2) is 0 Å². The number of nitrogens with one attached hydrogen (secondary N) is 1. The molecule has 2 aromatic carbocycles. The summed E-state index contributed by atoms with van der Waals surface area (Å²) in [5, 5.41) is 2.82. The van der Waals surface area contributed by atoms with Gasteiger partial charge in [-0.1, -0.05) is 6.92 Å². The maximum atomic E-state index is 13.0. The van der Waals surface area contributed by atoms with Gasteiger partial charge >= 0.3 is 0 Å². The van der Waals surface area contributed by atoms with Crippen molar-refractivity contribution in [1.29, 1.82) is 0 Å². The highest BCUT2D eigenvalue weighted by atomic mass is 32.2. The molecular formula is C21H26N2O5S. The van der Waals surface area contributed by atoms with Crippen LogP contribution in [0.5, 0.6) is 5.75 Å². The number of amides is 1. The third-order valence-electron chi connectivity index (χ3n) is 5.02. The smallest absolute Gasteiger partial charge is 0.255 e. The van der Waals surface area contributed by atoms with Gasteiger partial charge in [0, 0.05) is 23.8 Å². The van der Waals surface area contributed by atoms with Crippen LogP contribution in [-0.4, -0.2) is 51.5 Å². The van der Waals surface area contributed by atoms with Gasteiger partial charge in [-0.25, -0.2) is 8.42 Å². The van der Waals surface area contributed by atoms with Crippen molar-refractivity contribution in [3.63, 3.8) is 0 Å². The van der Waals surface area contributed by atoms with Gasteiger partial charge in [-0.15, -0.1) is 0 Å². The molecule has 1 atom stereocenters. The van der Waals surface area contributed by atoms with Crippen molar-refractivity contribution < 1.29 is 22.7 Å². The molecule has 1 aliphatic heterocycles. The first-order chi connectivity index (χ1) is 13.9. The van der Waals surface area contributed by atoms with Crippen molar-refractivity contribution in [2.24, 2.45) is 0 Å². The molecule has 8 heteroatoms. The average Bonchev–Trinajstić information content (AvgIpc) is 2.74. The molecular weight excluding hydrogens is 392 g/mol. The number of benzene rings is 2. The molecule has 156 valence electrons. The molecule has 0 aromatic heterocycles. The third-order valence-corrected chi connectivity index (χ3v) is 6.99. The van der Waals surface area contributed by atoms with E-state index in [1.807, 2.05) is 19.9 Å². The molecule has 1 saturated heterocycles. The molecule has 1 amide bonds. The maximum Gasteiger partial charge on any atom is 0.255 e. The molecule has 1 fully saturated rings. The summed E-state index contributed by atoms with van der Waals surface area (Å²) in [7, 11) is -2.04. The van der Waals surface area contributed by atoms with E-state index in [-0.39, 0.29) is 16.8 Å². The number of morpholine rings is 1. The summed E-state index contributed by atoms with van der Waals surface area (Å²) in [5.74, 6) is 0.433. The third kappa shape index (κ3) is 4.60. The summed E-state index contributed by atoms with van der Waals surface area (Å²) in [4.78, 5) is 12.7. The van der Waals surface area contributed by atoms with Crippen LogP contribution in [0.1, 0.15) is 29.3 Å². The summed E-state index contributed by atoms with van der Waals surface area (Å²) in [6.07, 6.45) is 0.682. The highest BCUT2D eigenvalue weighted by Crippen LogP contribution is 2.24. The van der Waals surface area contributed by atoms with E-state index in [4.69, 9.17) is 9.47 Å². The van der Waals surface area contributed by atoms with Crippen LogP contribution in [0.25, 0.3) is 0 Å². The van der Waals surface area contributed by atoms with Crippen molar-refractivity contribution in [3.05, 3.63) is 53.6 Å². The second-order valence-corrected chi connectivity index (χ2v) is 8.81. The highest BCUT2D eigenvalue weighted by Gasteiger charge is 2.33. The summed E-state index contributed by atoms with van der Waals surface area (Å²) in [6, 6.07) is 11.2. The molecule has 0 saturated carbocycles. The van der Waals surface area contributed by atoms with Gasteiger partial charge in [-0.05, 0) is 61.4 Å². The lowest BCUT2D eigenvalue weighted by Crippen LogP contribution is -2.48. The minimum Gasteiger partial charge on any atom is -0.496 e. The van der Waals surface area contributed by atoms with Gasteiger partial charge in [-0.3, -0.25) is 4.79 Å². The average molecular weight is 419 g/mol. The summed E-state index contributed by atoms with van der Waals surface area (Å²) in [6.45, 7) is 4.95. The second kappa shape index (κ2) is 8.94. The van der Waals surface area contributed by atoms with Crippen LogP contribution in [0, 0.1) is 6.92 Å². The standard InChI is InChI=1S/C21H26N2O5S/c1-4-18-14-28-12-11-23(18)29(25,26)19-8-5-16(6-9-19)21(24)22-17-7-10-20(27-3)15(2)13-17/h5-10,13,18H,4,11-12,14H2,1-3H3,(H,22,24). The van der Waals surface area contributed by atoms with Crippen LogP contribution in [-0.2, 0) is 14.8 Å². The first-order valence-electron chi connectivity index (χ1n) is 9.52. The lowest BCUT2D eigenvalue weighted by atomic mass is 10.1. The van der Waals surface area contributed by atoms with Crippen molar-refractivity contribution in [1.82, 2.24) is 4.31 Å². The van der Waals surface area contributed by atoms with Crippen LogP contribution in [0.4, 0.5) is 5.69 Å². The molecule has 1 unspecified atom stereocenters. The van der Waals surface area contributed by atoms with Crippen LogP contribution in [0.15, 0.2) is 47.4 Å². The number of carbonyl (C=O) groups excluding carboxylic acids is 1. The number of carbonyl (C=O) groups is 1. The Bertz CT molecular complexity index is 973. The first kappa shape index (κ1) is 21.3. The van der Waals surface area contributed by atoms with E-state index in [1.165, 1.54) is 28.6 Å². The topological polar surface area (TPSA) is 84.9 Å². The van der Waals surface area contributed by atoms with Gasteiger partial charge in [0.1, 0.15) is 5.75 Å². The zero-order valence-electron chi connectivity index (χ0n) is 16.8. The first-order valence-corrected chi connectivity index (χ1v) is 11.0. The summed E-state index contributed by atoms with van der Waals surface area (Å²) >= 11 is 0. The van der Waals surface area contributed by atoms with Crippen LogP contribution in [0.2, 0.25) is 0 Å². The Hall–Kier alpha value is -2.42. The van der Waals surface area contributed by atoms with E-state index >= 15 is 0 Å². The van der Waals surface area contributed by atoms with Crippen molar-refractivity contribution >= 4 is 21.6 Å². The molecule has 0 aliphatic carbocycles. The molecule has 0 radical (unpaired) electrons. The van der Waals surface area contributed by atoms with Crippen molar-refractivity contribution in [3.8, 4) is 5.75 Å². The SMILES string of the molecule is CCC1COCCN1S(=O)(=O)c1ccc(C(=O)Nc2ccc(OC)c(C)c2)cc1. The predicted octanol–water partition coefficient (Wildman–Crippen LogP) is 3.06. The van der Waals surface area contributed by atoms with Gasteiger partial charge in [0.05, 0.1) is 25.2 Å². The Kier molecular flexibility index (Phi) is 6.56. The Morgan fingerprint density at radius 1 is 1.24 bits per heavy atom. The predicted molar refractivity (Wildman–Crippen MR) is 111 cm³/mol.